The molecule has 0 radical (unpaired) electrons. The fraction of sp³-hybridized carbons (Fsp3) is 0.444. The Morgan fingerprint density at radius 3 is 2.35 bits per heavy atom. The van der Waals surface area contributed by atoms with Crippen LogP contribution < -0.4 is 10.9 Å². The van der Waals surface area contributed by atoms with Gasteiger partial charge in [0.25, 0.3) is 11.5 Å². The molecule has 0 spiro atoms. The molecule has 0 aliphatic heterocycles. The molecule has 7 heteroatoms. The van der Waals surface area contributed by atoms with Crippen molar-refractivity contribution in [1.29, 1.82) is 0 Å². The third kappa shape index (κ3) is 4.44. The lowest BCUT2D eigenvalue weighted by Crippen LogP contribution is -2.39. The molecular formula is C27H33N3O4. The number of aryl methyl sites for hydroxylation is 3. The lowest BCUT2D eigenvalue weighted by atomic mass is 9.93. The lowest BCUT2D eigenvalue weighted by Gasteiger charge is -2.26. The normalized spacial score (nSPS) is 18.2. The van der Waals surface area contributed by atoms with Crippen molar-refractivity contribution in [2.45, 2.75) is 71.1 Å². The van der Waals surface area contributed by atoms with Gasteiger partial charge in [-0.2, -0.15) is 0 Å². The number of nitrogens with one attached hydrogen (secondary N) is 1. The van der Waals surface area contributed by atoms with Crippen LogP contribution in [0.2, 0.25) is 0 Å². The fourth-order valence-electron chi connectivity index (χ4n) is 5.11. The van der Waals surface area contributed by atoms with Crippen LogP contribution >= 0.6 is 0 Å². The number of pyridine rings is 1. The zero-order valence-corrected chi connectivity index (χ0v) is 20.1. The van der Waals surface area contributed by atoms with Crippen molar-refractivity contribution in [2.24, 2.45) is 7.05 Å². The van der Waals surface area contributed by atoms with Crippen LogP contribution in [0.1, 0.15) is 71.6 Å². The third-order valence-corrected chi connectivity index (χ3v) is 7.01. The predicted octanol–water partition coefficient (Wildman–Crippen LogP) is 3.38. The van der Waals surface area contributed by atoms with Gasteiger partial charge in [-0.15, -0.1) is 0 Å². The van der Waals surface area contributed by atoms with E-state index in [4.69, 9.17) is 0 Å². The summed E-state index contributed by atoms with van der Waals surface area (Å²) in [5.74, 6) is -0.315. The molecular weight excluding hydrogens is 430 g/mol. The average molecular weight is 464 g/mol. The van der Waals surface area contributed by atoms with Crippen LogP contribution in [0.3, 0.4) is 0 Å². The Kier molecular flexibility index (Phi) is 7.03. The molecule has 2 aromatic heterocycles. The number of nitrogens with zero attached hydrogens (tertiary/aromatic N) is 2. The highest BCUT2D eigenvalue weighted by Gasteiger charge is 2.27. The molecule has 0 bridgehead atoms. The summed E-state index contributed by atoms with van der Waals surface area (Å²) in [6.07, 6.45) is 3.67. The molecule has 34 heavy (non-hydrogen) atoms. The number of amides is 1. The zero-order valence-electron chi connectivity index (χ0n) is 20.1. The first kappa shape index (κ1) is 24.0. The van der Waals surface area contributed by atoms with E-state index >= 15 is 0 Å². The van der Waals surface area contributed by atoms with Gasteiger partial charge in [0.15, 0.2) is 5.78 Å². The van der Waals surface area contributed by atoms with E-state index in [-0.39, 0.29) is 35.9 Å². The number of aliphatic hydroxyl groups excluding tert-OH is 1. The van der Waals surface area contributed by atoms with Crippen LogP contribution in [0.25, 0.3) is 10.9 Å². The second kappa shape index (κ2) is 9.97. The molecule has 0 saturated heterocycles. The van der Waals surface area contributed by atoms with E-state index in [1.54, 1.807) is 16.7 Å². The number of Topliss-reactive ketones (excluding diaryl/α,β-unsaturated/α-hetero) is 1. The number of hydrogen-bond donors (Lipinski definition) is 2. The predicted molar refractivity (Wildman–Crippen MR) is 132 cm³/mol. The van der Waals surface area contributed by atoms with Gasteiger partial charge in [0, 0.05) is 24.3 Å². The van der Waals surface area contributed by atoms with E-state index in [1.807, 2.05) is 49.7 Å². The number of benzene rings is 1. The summed E-state index contributed by atoms with van der Waals surface area (Å²) in [6.45, 7) is 3.86. The van der Waals surface area contributed by atoms with Crippen molar-refractivity contribution < 1.29 is 14.7 Å². The molecule has 1 amide bonds. The van der Waals surface area contributed by atoms with Crippen LogP contribution in [-0.2, 0) is 26.4 Å². The lowest BCUT2D eigenvalue weighted by molar-refractivity contribution is 0.0859. The molecule has 1 saturated carbocycles. The minimum Gasteiger partial charge on any atom is -0.393 e. The number of fused-ring (bicyclic) bond motifs is 1. The van der Waals surface area contributed by atoms with E-state index in [0.717, 1.165) is 18.5 Å². The molecule has 7 nitrogen and oxygen atoms in total. The summed E-state index contributed by atoms with van der Waals surface area (Å²) in [5.41, 5.74) is 3.02. The molecule has 1 aliphatic rings. The first-order valence-corrected chi connectivity index (χ1v) is 12.2. The van der Waals surface area contributed by atoms with Gasteiger partial charge in [-0.3, -0.25) is 14.4 Å². The van der Waals surface area contributed by atoms with Crippen LogP contribution in [-0.4, -0.2) is 38.1 Å². The minimum atomic E-state index is -0.290. The van der Waals surface area contributed by atoms with E-state index in [9.17, 15) is 19.5 Å². The highest BCUT2D eigenvalue weighted by atomic mass is 16.3. The average Bonchev–Trinajstić information content (AvgIpc) is 3.14. The van der Waals surface area contributed by atoms with Gasteiger partial charge in [-0.05, 0) is 50.2 Å². The Labute approximate surface area is 199 Å². The fourth-order valence-corrected chi connectivity index (χ4v) is 5.11. The van der Waals surface area contributed by atoms with Crippen LogP contribution in [0.4, 0.5) is 0 Å². The van der Waals surface area contributed by atoms with E-state index in [0.29, 0.717) is 53.4 Å². The van der Waals surface area contributed by atoms with Crippen molar-refractivity contribution in [3.63, 3.8) is 0 Å². The van der Waals surface area contributed by atoms with Gasteiger partial charge in [0.2, 0.25) is 0 Å². The number of carbonyl (C=O) groups excluding carboxylic acids is 2. The summed E-state index contributed by atoms with van der Waals surface area (Å²) in [7, 11) is 1.82. The van der Waals surface area contributed by atoms with Gasteiger partial charge < -0.3 is 19.6 Å². The largest absolute Gasteiger partial charge is 0.393 e. The molecule has 2 N–H and O–H groups in total. The Hall–Kier alpha value is -3.19. The molecule has 180 valence electrons. The first-order valence-electron chi connectivity index (χ1n) is 12.2. The Morgan fingerprint density at radius 1 is 1.06 bits per heavy atom. The first-order chi connectivity index (χ1) is 16.3. The molecule has 1 aromatic carbocycles. The second-order valence-electron chi connectivity index (χ2n) is 9.15. The zero-order chi connectivity index (χ0) is 24.4. The summed E-state index contributed by atoms with van der Waals surface area (Å²) in [6, 6.07) is 10.9. The van der Waals surface area contributed by atoms with Gasteiger partial charge in [0.05, 0.1) is 23.6 Å². The highest BCUT2D eigenvalue weighted by Crippen LogP contribution is 2.26. The van der Waals surface area contributed by atoms with Gasteiger partial charge >= 0.3 is 0 Å². The maximum Gasteiger partial charge on any atom is 0.268 e. The van der Waals surface area contributed by atoms with Crippen LogP contribution in [0.5, 0.6) is 0 Å². The Bertz CT molecular complexity index is 1260. The van der Waals surface area contributed by atoms with Crippen molar-refractivity contribution in [2.75, 3.05) is 0 Å². The molecule has 4 rings (SSSR count). The summed E-state index contributed by atoms with van der Waals surface area (Å²) in [4.78, 5) is 39.9. The number of ketones is 1. The minimum absolute atomic E-state index is 0.0185. The van der Waals surface area contributed by atoms with Gasteiger partial charge in [-0.25, -0.2) is 0 Å². The van der Waals surface area contributed by atoms with E-state index < -0.39 is 0 Å². The number of hydrogen-bond acceptors (Lipinski definition) is 4. The molecule has 0 atom stereocenters. The Morgan fingerprint density at radius 2 is 1.74 bits per heavy atom. The smallest absolute Gasteiger partial charge is 0.268 e. The van der Waals surface area contributed by atoms with Gasteiger partial charge in [0.1, 0.15) is 5.69 Å². The monoisotopic (exact) mass is 463 g/mol. The maximum absolute atomic E-state index is 13.7. The number of aliphatic hydroxyl groups is 1. The second-order valence-corrected chi connectivity index (χ2v) is 9.15. The standard InChI is InChI=1S/C27H33N3O4/c1-4-19-15-22-24(27(34)30(19)16-23(32)17-9-7-6-8-10-17)21(5-2)25(29(22)3)26(33)28-18-11-13-20(31)14-12-18/h6-10,15,18,20,31H,4-5,11-14,16H2,1-3H3,(H,28,33). The summed E-state index contributed by atoms with van der Waals surface area (Å²) >= 11 is 0. The molecule has 3 aromatic rings. The van der Waals surface area contributed by atoms with Crippen molar-refractivity contribution >= 4 is 22.6 Å². The maximum atomic E-state index is 13.7. The SMILES string of the molecule is CCc1c(C(=O)NC2CCC(O)CC2)n(C)c2cc(CC)n(CC(=O)c3ccccc3)c(=O)c12. The summed E-state index contributed by atoms with van der Waals surface area (Å²) in [5, 5.41) is 13.4. The highest BCUT2D eigenvalue weighted by molar-refractivity contribution is 6.02. The third-order valence-electron chi connectivity index (χ3n) is 7.01. The molecule has 1 fully saturated rings. The molecule has 2 heterocycles. The van der Waals surface area contributed by atoms with Crippen molar-refractivity contribution in [3.8, 4) is 0 Å². The summed E-state index contributed by atoms with van der Waals surface area (Å²) < 4.78 is 3.37. The quantitative estimate of drug-likeness (QED) is 0.526. The van der Waals surface area contributed by atoms with E-state index in [2.05, 4.69) is 5.32 Å². The van der Waals surface area contributed by atoms with Crippen LogP contribution in [0.15, 0.2) is 41.2 Å². The number of carbonyl (C=O) groups is 2. The molecule has 0 unspecified atom stereocenters. The van der Waals surface area contributed by atoms with E-state index in [1.165, 1.54) is 0 Å². The Balaban J connectivity index is 1.76. The topological polar surface area (TPSA) is 93.3 Å². The number of rotatable bonds is 7. The molecule has 1 aliphatic carbocycles. The van der Waals surface area contributed by atoms with Crippen LogP contribution in [0, 0.1) is 0 Å². The number of aromatic nitrogens is 2. The van der Waals surface area contributed by atoms with Crippen molar-refractivity contribution in [3.05, 3.63) is 69.3 Å². The van der Waals surface area contributed by atoms with Crippen molar-refractivity contribution in [1.82, 2.24) is 14.5 Å². The van der Waals surface area contributed by atoms with Gasteiger partial charge in [-0.1, -0.05) is 44.2 Å².